The maximum absolute atomic E-state index is 12.3. The topological polar surface area (TPSA) is 107 Å². The zero-order valence-corrected chi connectivity index (χ0v) is 16.5. The largest absolute Gasteiger partial charge is 0.477 e. The van der Waals surface area contributed by atoms with Crippen molar-refractivity contribution in [2.75, 3.05) is 0 Å². The van der Waals surface area contributed by atoms with Gasteiger partial charge in [-0.15, -0.1) is 11.3 Å². The number of amides is 2. The minimum Gasteiger partial charge on any atom is -0.477 e. The molecule has 2 amide bonds. The zero-order chi connectivity index (χ0) is 20.7. The number of rotatable bonds is 6. The van der Waals surface area contributed by atoms with Crippen LogP contribution >= 0.6 is 11.3 Å². The van der Waals surface area contributed by atoms with Crippen LogP contribution in [0.3, 0.4) is 0 Å². The summed E-state index contributed by atoms with van der Waals surface area (Å²) in [5, 5.41) is 24.2. The molecule has 2 aliphatic rings. The molecular formula is C21H20N2O5S. The Labute approximate surface area is 171 Å². The van der Waals surface area contributed by atoms with Crippen LogP contribution in [0, 0.1) is 5.92 Å². The van der Waals surface area contributed by atoms with Gasteiger partial charge in [0.2, 0.25) is 5.91 Å². The fourth-order valence-corrected chi connectivity index (χ4v) is 4.67. The summed E-state index contributed by atoms with van der Waals surface area (Å²) in [5.41, 5.74) is 2.20. The lowest BCUT2D eigenvalue weighted by molar-refractivity contribution is -0.161. The lowest BCUT2D eigenvalue weighted by atomic mass is 9.82. The third kappa shape index (κ3) is 3.34. The smallest absolute Gasteiger partial charge is 0.352 e. The summed E-state index contributed by atoms with van der Waals surface area (Å²) in [7, 11) is 0. The number of carbonyl (C=O) groups excluding carboxylic acids is 2. The molecule has 2 aromatic rings. The summed E-state index contributed by atoms with van der Waals surface area (Å²) in [4.78, 5) is 38.1. The molecule has 3 heterocycles. The number of aliphatic hydroxyl groups is 1. The highest BCUT2D eigenvalue weighted by molar-refractivity contribution is 7.12. The zero-order valence-electron chi connectivity index (χ0n) is 15.7. The van der Waals surface area contributed by atoms with E-state index in [9.17, 15) is 24.6 Å². The highest BCUT2D eigenvalue weighted by Gasteiger charge is 2.56. The molecule has 0 bridgehead atoms. The van der Waals surface area contributed by atoms with Gasteiger partial charge in [-0.2, -0.15) is 0 Å². The normalized spacial score (nSPS) is 21.6. The van der Waals surface area contributed by atoms with Crippen molar-refractivity contribution in [3.63, 3.8) is 0 Å². The number of hydrogen-bond donors (Lipinski definition) is 3. The Morgan fingerprint density at radius 2 is 2.00 bits per heavy atom. The Morgan fingerprint density at radius 1 is 1.28 bits per heavy atom. The Bertz CT molecular complexity index is 995. The van der Waals surface area contributed by atoms with Crippen molar-refractivity contribution in [3.8, 4) is 0 Å². The standard InChI is InChI=1S/C21H20N2O5S/c1-11(24)17-15-9-14(18(21(27)28)23(15)20(17)26)13-6-4-12(5-7-13)10-22-19(25)16-3-2-8-29-16/h2-8,11,15,17,24H,9-10H2,1H3,(H,22,25)(H,27,28)/t11-,15-,17-/m1/s1. The van der Waals surface area contributed by atoms with E-state index in [0.717, 1.165) is 11.1 Å². The minimum atomic E-state index is -1.15. The van der Waals surface area contributed by atoms with Crippen LogP contribution in [0.4, 0.5) is 0 Å². The van der Waals surface area contributed by atoms with Gasteiger partial charge < -0.3 is 20.4 Å². The number of benzene rings is 1. The molecule has 3 N–H and O–H groups in total. The Balaban J connectivity index is 1.50. The molecule has 0 unspecified atom stereocenters. The first-order valence-corrected chi connectivity index (χ1v) is 10.1. The summed E-state index contributed by atoms with van der Waals surface area (Å²) >= 11 is 1.37. The van der Waals surface area contributed by atoms with Crippen LogP contribution in [0.2, 0.25) is 0 Å². The van der Waals surface area contributed by atoms with Gasteiger partial charge in [-0.05, 0) is 41.5 Å². The first kappa shape index (κ1) is 19.4. The molecule has 0 spiro atoms. The van der Waals surface area contributed by atoms with Crippen LogP contribution < -0.4 is 5.32 Å². The Kier molecular flexibility index (Phi) is 4.97. The molecule has 2 aliphatic heterocycles. The molecule has 8 heteroatoms. The molecule has 1 saturated heterocycles. The highest BCUT2D eigenvalue weighted by Crippen LogP contribution is 2.46. The van der Waals surface area contributed by atoms with Crippen molar-refractivity contribution in [1.82, 2.24) is 10.2 Å². The summed E-state index contributed by atoms with van der Waals surface area (Å²) < 4.78 is 0. The molecule has 4 rings (SSSR count). The van der Waals surface area contributed by atoms with Gasteiger partial charge in [-0.3, -0.25) is 9.59 Å². The Morgan fingerprint density at radius 3 is 2.59 bits per heavy atom. The van der Waals surface area contributed by atoms with Crippen molar-refractivity contribution in [3.05, 3.63) is 63.5 Å². The van der Waals surface area contributed by atoms with Crippen LogP contribution in [0.1, 0.15) is 34.1 Å². The summed E-state index contributed by atoms with van der Waals surface area (Å²) in [5.74, 6) is -2.19. The molecule has 1 fully saturated rings. The van der Waals surface area contributed by atoms with Crippen LogP contribution in [0.15, 0.2) is 47.5 Å². The van der Waals surface area contributed by atoms with E-state index >= 15 is 0 Å². The van der Waals surface area contributed by atoms with E-state index in [2.05, 4.69) is 5.32 Å². The van der Waals surface area contributed by atoms with E-state index in [0.29, 0.717) is 23.4 Å². The molecule has 29 heavy (non-hydrogen) atoms. The fourth-order valence-electron chi connectivity index (χ4n) is 4.03. The molecule has 1 aromatic carbocycles. The van der Waals surface area contributed by atoms with Gasteiger partial charge >= 0.3 is 5.97 Å². The van der Waals surface area contributed by atoms with Gasteiger partial charge in [0.25, 0.3) is 5.91 Å². The molecule has 7 nitrogen and oxygen atoms in total. The number of nitrogens with one attached hydrogen (secondary N) is 1. The lowest BCUT2D eigenvalue weighted by Crippen LogP contribution is -2.61. The first-order valence-electron chi connectivity index (χ1n) is 9.27. The van der Waals surface area contributed by atoms with E-state index in [1.165, 1.54) is 16.2 Å². The van der Waals surface area contributed by atoms with Gasteiger partial charge in [0, 0.05) is 6.54 Å². The molecule has 3 atom stereocenters. The summed E-state index contributed by atoms with van der Waals surface area (Å²) in [6.07, 6.45) is -0.412. The van der Waals surface area contributed by atoms with E-state index in [4.69, 9.17) is 0 Å². The first-order chi connectivity index (χ1) is 13.9. The second kappa shape index (κ2) is 7.46. The second-order valence-electron chi connectivity index (χ2n) is 7.24. The van der Waals surface area contributed by atoms with E-state index in [-0.39, 0.29) is 23.6 Å². The van der Waals surface area contributed by atoms with Gasteiger partial charge in [0.1, 0.15) is 5.70 Å². The molecule has 0 radical (unpaired) electrons. The summed E-state index contributed by atoms with van der Waals surface area (Å²) in [6, 6.07) is 10.5. The number of β-lactam (4-membered cyclic amide) rings is 1. The van der Waals surface area contributed by atoms with Crippen LogP contribution in [0.25, 0.3) is 5.57 Å². The average molecular weight is 412 g/mol. The number of nitrogens with zero attached hydrogens (tertiary/aromatic N) is 1. The number of carbonyl (C=O) groups is 3. The molecule has 150 valence electrons. The third-order valence-corrected chi connectivity index (χ3v) is 6.30. The predicted molar refractivity (Wildman–Crippen MR) is 107 cm³/mol. The van der Waals surface area contributed by atoms with E-state index in [1.54, 1.807) is 25.1 Å². The number of carboxylic acids is 1. The Hall–Kier alpha value is -2.97. The SMILES string of the molecule is C[C@@H](O)[C@H]1C(=O)N2C(C(=O)O)=C(c3ccc(CNC(=O)c4cccs4)cc3)C[C@H]12. The second-order valence-corrected chi connectivity index (χ2v) is 8.18. The molecule has 0 saturated carbocycles. The van der Waals surface area contributed by atoms with Gasteiger partial charge in [0.05, 0.1) is 22.9 Å². The molecule has 1 aromatic heterocycles. The van der Waals surface area contributed by atoms with Gasteiger partial charge in [-0.25, -0.2) is 4.79 Å². The van der Waals surface area contributed by atoms with Crippen molar-refractivity contribution < 1.29 is 24.6 Å². The summed E-state index contributed by atoms with van der Waals surface area (Å²) in [6.45, 7) is 1.91. The maximum atomic E-state index is 12.3. The predicted octanol–water partition coefficient (Wildman–Crippen LogP) is 2.09. The lowest BCUT2D eigenvalue weighted by Gasteiger charge is -2.44. The maximum Gasteiger partial charge on any atom is 0.352 e. The van der Waals surface area contributed by atoms with Crippen LogP contribution in [-0.2, 0) is 16.1 Å². The third-order valence-electron chi connectivity index (χ3n) is 5.43. The molecular weight excluding hydrogens is 392 g/mol. The van der Waals surface area contributed by atoms with Crippen molar-refractivity contribution in [2.24, 2.45) is 5.92 Å². The monoisotopic (exact) mass is 412 g/mol. The quantitative estimate of drug-likeness (QED) is 0.630. The van der Waals surface area contributed by atoms with Crippen molar-refractivity contribution >= 4 is 34.7 Å². The van der Waals surface area contributed by atoms with E-state index in [1.807, 2.05) is 23.6 Å². The van der Waals surface area contributed by atoms with Crippen LogP contribution in [-0.4, -0.2) is 45.0 Å². The van der Waals surface area contributed by atoms with Crippen LogP contribution in [0.5, 0.6) is 0 Å². The fraction of sp³-hybridized carbons (Fsp3) is 0.286. The number of aliphatic hydroxyl groups excluding tert-OH is 1. The number of hydrogen-bond acceptors (Lipinski definition) is 5. The number of aliphatic carboxylic acids is 1. The number of carboxylic acid groups (broad SMARTS) is 1. The number of fused-ring (bicyclic) bond motifs is 1. The molecule has 0 aliphatic carbocycles. The van der Waals surface area contributed by atoms with Gasteiger partial charge in [0.15, 0.2) is 0 Å². The van der Waals surface area contributed by atoms with Crippen molar-refractivity contribution in [2.45, 2.75) is 32.0 Å². The highest BCUT2D eigenvalue weighted by atomic mass is 32.1. The van der Waals surface area contributed by atoms with Crippen molar-refractivity contribution in [1.29, 1.82) is 0 Å². The van der Waals surface area contributed by atoms with E-state index < -0.39 is 18.0 Å². The average Bonchev–Trinajstić information content (AvgIpc) is 3.32. The van der Waals surface area contributed by atoms with Gasteiger partial charge in [-0.1, -0.05) is 30.3 Å². The number of thiophene rings is 1. The minimum absolute atomic E-state index is 0.00403.